The molecule has 0 N–H and O–H groups in total. The number of thiazole rings is 1. The smallest absolute Gasteiger partial charge is 0.260 e. The van der Waals surface area contributed by atoms with E-state index in [0.717, 1.165) is 39.5 Å². The van der Waals surface area contributed by atoms with Gasteiger partial charge in [-0.1, -0.05) is 59.3 Å². The van der Waals surface area contributed by atoms with Gasteiger partial charge in [0.15, 0.2) is 5.13 Å². The molecule has 1 aromatic heterocycles. The van der Waals surface area contributed by atoms with Gasteiger partial charge in [0, 0.05) is 23.1 Å². The average molecular weight is 469 g/mol. The monoisotopic (exact) mass is 467 g/mol. The average Bonchev–Trinajstić information content (AvgIpc) is 3.08. The molecule has 0 aliphatic rings. The van der Waals surface area contributed by atoms with E-state index in [9.17, 15) is 4.79 Å². The first-order chi connectivity index (χ1) is 12.6. The highest BCUT2D eigenvalue weighted by Gasteiger charge is 2.21. The second-order valence-electron chi connectivity index (χ2n) is 5.96. The van der Waals surface area contributed by atoms with Crippen molar-refractivity contribution in [2.24, 2.45) is 0 Å². The summed E-state index contributed by atoms with van der Waals surface area (Å²) < 4.78 is 2.09. The number of likely N-dealkylation sites (N-methyl/N-ethyl adjacent to an activating group) is 1. The van der Waals surface area contributed by atoms with E-state index in [1.807, 2.05) is 53.4 Å². The summed E-state index contributed by atoms with van der Waals surface area (Å²) in [6.07, 6.45) is 0. The predicted molar refractivity (Wildman–Crippen MR) is 120 cm³/mol. The molecule has 1 heterocycles. The molecular formula is C20H23BrClN3OS. The van der Waals surface area contributed by atoms with E-state index in [0.29, 0.717) is 12.1 Å². The van der Waals surface area contributed by atoms with Gasteiger partial charge in [0.2, 0.25) is 0 Å². The number of anilines is 1. The summed E-state index contributed by atoms with van der Waals surface area (Å²) in [7, 11) is 0. The highest BCUT2D eigenvalue weighted by Crippen LogP contribution is 2.31. The summed E-state index contributed by atoms with van der Waals surface area (Å²) in [5, 5.41) is 0.749. The molecule has 2 aromatic carbocycles. The number of carbonyl (C=O) groups is 1. The number of benzene rings is 2. The van der Waals surface area contributed by atoms with Crippen molar-refractivity contribution in [3.8, 4) is 0 Å². The van der Waals surface area contributed by atoms with Crippen molar-refractivity contribution < 1.29 is 4.79 Å². The van der Waals surface area contributed by atoms with Gasteiger partial charge in [-0.25, -0.2) is 4.98 Å². The molecule has 27 heavy (non-hydrogen) atoms. The Morgan fingerprint density at radius 1 is 1.07 bits per heavy atom. The van der Waals surface area contributed by atoms with E-state index in [-0.39, 0.29) is 18.3 Å². The third kappa shape index (κ3) is 5.29. The summed E-state index contributed by atoms with van der Waals surface area (Å²) in [5.41, 5.74) is 1.61. The van der Waals surface area contributed by atoms with E-state index >= 15 is 0 Å². The molecule has 1 amide bonds. The van der Waals surface area contributed by atoms with Crippen LogP contribution in [0.15, 0.2) is 53.0 Å². The number of carbonyl (C=O) groups excluding carboxylic acids is 1. The van der Waals surface area contributed by atoms with E-state index in [1.54, 1.807) is 11.3 Å². The van der Waals surface area contributed by atoms with E-state index in [1.165, 1.54) is 0 Å². The maximum Gasteiger partial charge on any atom is 0.260 e. The SMILES string of the molecule is CCN(CC)CCN(C(=O)c1ccccc1)c1nc2ccc(Br)cc2s1.Cl. The Hall–Kier alpha value is -1.47. The second kappa shape index (κ2) is 10.2. The Labute approximate surface area is 178 Å². The van der Waals surface area contributed by atoms with Crippen LogP contribution in [0.4, 0.5) is 5.13 Å². The van der Waals surface area contributed by atoms with E-state index in [2.05, 4.69) is 34.7 Å². The molecule has 3 rings (SSSR count). The van der Waals surface area contributed by atoms with Crippen molar-refractivity contribution in [2.75, 3.05) is 31.1 Å². The molecule has 0 bridgehead atoms. The maximum absolute atomic E-state index is 13.1. The fraction of sp³-hybridized carbons (Fsp3) is 0.300. The first-order valence-electron chi connectivity index (χ1n) is 8.77. The molecule has 0 aliphatic carbocycles. The van der Waals surface area contributed by atoms with Crippen LogP contribution in [0.1, 0.15) is 24.2 Å². The van der Waals surface area contributed by atoms with Crippen molar-refractivity contribution >= 4 is 60.9 Å². The summed E-state index contributed by atoms with van der Waals surface area (Å²) in [5.74, 6) is -0.00382. The number of halogens is 2. The quantitative estimate of drug-likeness (QED) is 0.461. The van der Waals surface area contributed by atoms with Gasteiger partial charge >= 0.3 is 0 Å². The molecule has 7 heteroatoms. The van der Waals surface area contributed by atoms with Crippen LogP contribution in [0.5, 0.6) is 0 Å². The molecular weight excluding hydrogens is 446 g/mol. The Bertz CT molecular complexity index is 883. The normalized spacial score (nSPS) is 10.8. The lowest BCUT2D eigenvalue weighted by molar-refractivity contribution is 0.0984. The Morgan fingerprint density at radius 3 is 2.44 bits per heavy atom. The lowest BCUT2D eigenvalue weighted by Gasteiger charge is -2.24. The first-order valence-corrected chi connectivity index (χ1v) is 10.4. The molecule has 3 aromatic rings. The molecule has 0 saturated heterocycles. The van der Waals surface area contributed by atoms with Crippen LogP contribution in [0, 0.1) is 0 Å². The topological polar surface area (TPSA) is 36.4 Å². The number of amides is 1. The summed E-state index contributed by atoms with van der Waals surface area (Å²) in [6.45, 7) is 7.67. The number of hydrogen-bond donors (Lipinski definition) is 0. The number of hydrogen-bond acceptors (Lipinski definition) is 4. The van der Waals surface area contributed by atoms with Crippen LogP contribution in [-0.4, -0.2) is 42.0 Å². The summed E-state index contributed by atoms with van der Waals surface area (Å²) in [4.78, 5) is 22.0. The number of fused-ring (bicyclic) bond motifs is 1. The van der Waals surface area contributed by atoms with Crippen molar-refractivity contribution in [3.63, 3.8) is 0 Å². The highest BCUT2D eigenvalue weighted by molar-refractivity contribution is 9.10. The third-order valence-electron chi connectivity index (χ3n) is 4.37. The first kappa shape index (κ1) is 21.8. The minimum atomic E-state index is -0.00382. The van der Waals surface area contributed by atoms with Crippen LogP contribution in [0.2, 0.25) is 0 Å². The van der Waals surface area contributed by atoms with E-state index in [4.69, 9.17) is 4.98 Å². The van der Waals surface area contributed by atoms with Crippen molar-refractivity contribution in [1.82, 2.24) is 9.88 Å². The van der Waals surface area contributed by atoms with Crippen LogP contribution >= 0.6 is 39.7 Å². The highest BCUT2D eigenvalue weighted by atomic mass is 79.9. The van der Waals surface area contributed by atoms with Gasteiger partial charge in [-0.15, -0.1) is 12.4 Å². The predicted octanol–water partition coefficient (Wildman–Crippen LogP) is 5.47. The number of nitrogens with zero attached hydrogens (tertiary/aromatic N) is 3. The van der Waals surface area contributed by atoms with Crippen LogP contribution in [-0.2, 0) is 0 Å². The van der Waals surface area contributed by atoms with E-state index < -0.39 is 0 Å². The van der Waals surface area contributed by atoms with Crippen LogP contribution in [0.3, 0.4) is 0 Å². The van der Waals surface area contributed by atoms with Gasteiger partial charge in [0.05, 0.1) is 10.2 Å². The zero-order valence-electron chi connectivity index (χ0n) is 15.4. The fourth-order valence-corrected chi connectivity index (χ4v) is 4.35. The zero-order chi connectivity index (χ0) is 18.5. The van der Waals surface area contributed by atoms with Crippen molar-refractivity contribution in [1.29, 1.82) is 0 Å². The third-order valence-corrected chi connectivity index (χ3v) is 5.90. The van der Waals surface area contributed by atoms with Gasteiger partial charge in [-0.2, -0.15) is 0 Å². The zero-order valence-corrected chi connectivity index (χ0v) is 18.6. The Kier molecular flexibility index (Phi) is 8.23. The minimum absolute atomic E-state index is 0. The molecule has 144 valence electrons. The standard InChI is InChI=1S/C20H22BrN3OS.ClH/c1-3-23(4-2)12-13-24(19(25)15-8-6-5-7-9-15)20-22-17-11-10-16(21)14-18(17)26-20;/h5-11,14H,3-4,12-13H2,1-2H3;1H. The summed E-state index contributed by atoms with van der Waals surface area (Å²) in [6, 6.07) is 15.4. The lowest BCUT2D eigenvalue weighted by atomic mass is 10.2. The minimum Gasteiger partial charge on any atom is -0.302 e. The number of rotatable bonds is 7. The van der Waals surface area contributed by atoms with Crippen molar-refractivity contribution in [2.45, 2.75) is 13.8 Å². The molecule has 0 saturated carbocycles. The molecule has 0 atom stereocenters. The lowest BCUT2D eigenvalue weighted by Crippen LogP contribution is -2.38. The second-order valence-corrected chi connectivity index (χ2v) is 7.88. The molecule has 0 radical (unpaired) electrons. The maximum atomic E-state index is 13.1. The molecule has 0 spiro atoms. The molecule has 4 nitrogen and oxygen atoms in total. The fourth-order valence-electron chi connectivity index (χ4n) is 2.80. The molecule has 0 aliphatic heterocycles. The molecule has 0 unspecified atom stereocenters. The molecule has 0 fully saturated rings. The van der Waals surface area contributed by atoms with Crippen LogP contribution < -0.4 is 4.90 Å². The van der Waals surface area contributed by atoms with Crippen molar-refractivity contribution in [3.05, 3.63) is 58.6 Å². The Morgan fingerprint density at radius 2 is 1.78 bits per heavy atom. The van der Waals surface area contributed by atoms with Gasteiger partial charge < -0.3 is 4.90 Å². The van der Waals surface area contributed by atoms with Gasteiger partial charge in [0.25, 0.3) is 5.91 Å². The number of aromatic nitrogens is 1. The van der Waals surface area contributed by atoms with Gasteiger partial charge in [-0.05, 0) is 43.4 Å². The summed E-state index contributed by atoms with van der Waals surface area (Å²) >= 11 is 5.06. The largest absolute Gasteiger partial charge is 0.302 e. The Balaban J connectivity index is 0.00000261. The van der Waals surface area contributed by atoms with Gasteiger partial charge in [-0.3, -0.25) is 9.69 Å². The van der Waals surface area contributed by atoms with Crippen LogP contribution in [0.25, 0.3) is 10.2 Å². The van der Waals surface area contributed by atoms with Gasteiger partial charge in [0.1, 0.15) is 0 Å².